The Hall–Kier alpha value is -3.09. The van der Waals surface area contributed by atoms with Crippen LogP contribution in [0.15, 0.2) is 48.5 Å². The number of anilines is 1. The van der Waals surface area contributed by atoms with E-state index in [9.17, 15) is 9.18 Å². The first kappa shape index (κ1) is 22.1. The van der Waals surface area contributed by atoms with Crippen molar-refractivity contribution in [3.05, 3.63) is 59.9 Å². The van der Waals surface area contributed by atoms with Crippen molar-refractivity contribution < 1.29 is 13.9 Å². The van der Waals surface area contributed by atoms with Crippen molar-refractivity contribution in [2.45, 2.75) is 58.2 Å². The molecule has 1 amide bonds. The molecule has 0 aliphatic carbocycles. The van der Waals surface area contributed by atoms with Crippen LogP contribution < -0.4 is 5.32 Å². The number of halogens is 1. The minimum atomic E-state index is -0.522. The van der Waals surface area contributed by atoms with E-state index in [1.54, 1.807) is 12.1 Å². The maximum absolute atomic E-state index is 13.7. The van der Waals surface area contributed by atoms with Gasteiger partial charge in [0.1, 0.15) is 11.4 Å². The summed E-state index contributed by atoms with van der Waals surface area (Å²) in [5.74, 6) is 0.460. The normalized spacial score (nSPS) is 16.9. The minimum absolute atomic E-state index is 0.0287. The van der Waals surface area contributed by atoms with Crippen LogP contribution >= 0.6 is 0 Å². The van der Waals surface area contributed by atoms with Crippen molar-refractivity contribution in [1.29, 1.82) is 0 Å². The fourth-order valence-corrected chi connectivity index (χ4v) is 4.17. The van der Waals surface area contributed by atoms with Crippen molar-refractivity contribution >= 4 is 23.1 Å². The summed E-state index contributed by atoms with van der Waals surface area (Å²) in [6, 6.07) is 14.6. The second-order valence-corrected chi connectivity index (χ2v) is 9.34. The van der Waals surface area contributed by atoms with E-state index in [1.165, 1.54) is 6.07 Å². The highest BCUT2D eigenvalue weighted by molar-refractivity contribution is 5.78. The van der Waals surface area contributed by atoms with E-state index in [-0.39, 0.29) is 18.0 Å². The van der Waals surface area contributed by atoms with Crippen molar-refractivity contribution in [2.24, 2.45) is 0 Å². The minimum Gasteiger partial charge on any atom is -0.444 e. The second-order valence-electron chi connectivity index (χ2n) is 9.34. The predicted octanol–water partition coefficient (Wildman–Crippen LogP) is 5.43. The molecule has 7 heteroatoms. The average molecular weight is 439 g/mol. The lowest BCUT2D eigenvalue weighted by Gasteiger charge is -2.36. The van der Waals surface area contributed by atoms with E-state index in [2.05, 4.69) is 9.88 Å². The average Bonchev–Trinajstić information content (AvgIpc) is 3.09. The summed E-state index contributed by atoms with van der Waals surface area (Å²) in [6.45, 7) is 7.43. The molecule has 6 nitrogen and oxygen atoms in total. The van der Waals surface area contributed by atoms with Gasteiger partial charge < -0.3 is 19.5 Å². The van der Waals surface area contributed by atoms with E-state index in [0.717, 1.165) is 35.9 Å². The molecule has 0 bridgehead atoms. The van der Waals surface area contributed by atoms with Crippen LogP contribution in [0, 0.1) is 5.82 Å². The summed E-state index contributed by atoms with van der Waals surface area (Å²) < 4.78 is 21.4. The Bertz CT molecular complexity index is 1090. The Morgan fingerprint density at radius 1 is 1.19 bits per heavy atom. The number of aromatic nitrogens is 2. The van der Waals surface area contributed by atoms with Crippen molar-refractivity contribution in [3.8, 4) is 0 Å². The molecule has 1 atom stereocenters. The fourth-order valence-electron chi connectivity index (χ4n) is 4.17. The first-order valence-corrected chi connectivity index (χ1v) is 11.2. The lowest BCUT2D eigenvalue weighted by atomic mass is 10.0. The third-order valence-corrected chi connectivity index (χ3v) is 5.64. The van der Waals surface area contributed by atoms with Gasteiger partial charge in [-0.05, 0) is 69.9 Å². The molecular weight excluding hydrogens is 407 g/mol. The number of likely N-dealkylation sites (tertiary alicyclic amines) is 1. The third-order valence-electron chi connectivity index (χ3n) is 5.64. The first-order chi connectivity index (χ1) is 15.3. The molecule has 2 aromatic carbocycles. The van der Waals surface area contributed by atoms with Crippen LogP contribution in [0.25, 0.3) is 11.0 Å². The van der Waals surface area contributed by atoms with E-state index in [4.69, 9.17) is 9.72 Å². The van der Waals surface area contributed by atoms with Crippen LogP contribution in [0.2, 0.25) is 0 Å². The van der Waals surface area contributed by atoms with Gasteiger partial charge in [0, 0.05) is 13.1 Å². The molecule has 1 aliphatic heterocycles. The number of fused-ring (bicyclic) bond motifs is 1. The number of nitrogens with zero attached hydrogens (tertiary/aromatic N) is 3. The zero-order chi connectivity index (χ0) is 22.7. The Labute approximate surface area is 188 Å². The van der Waals surface area contributed by atoms with Gasteiger partial charge in [0.25, 0.3) is 0 Å². The van der Waals surface area contributed by atoms with Crippen LogP contribution in [0.1, 0.15) is 45.6 Å². The maximum Gasteiger partial charge on any atom is 0.410 e. The molecule has 1 saturated heterocycles. The number of hydrogen-bond donors (Lipinski definition) is 1. The van der Waals surface area contributed by atoms with Gasteiger partial charge in [-0.1, -0.05) is 24.3 Å². The highest BCUT2D eigenvalue weighted by Gasteiger charge is 2.30. The number of amides is 1. The highest BCUT2D eigenvalue weighted by Crippen LogP contribution is 2.24. The molecular formula is C25H31FN4O2. The number of rotatable bonds is 5. The van der Waals surface area contributed by atoms with Gasteiger partial charge in [-0.2, -0.15) is 0 Å². The standard InChI is InChI=1S/C25H31FN4O2/c1-25(2,3)32-24(31)29-14-7-6-11-20(29)16-27-23-28-21-12-4-5-13-22(21)30(23)17-18-9-8-10-19(26)15-18/h4-5,8-10,12-13,15,20H,6-7,11,14,16-17H2,1-3H3,(H,27,28). The highest BCUT2D eigenvalue weighted by atomic mass is 19.1. The summed E-state index contributed by atoms with van der Waals surface area (Å²) in [7, 11) is 0. The van der Waals surface area contributed by atoms with E-state index >= 15 is 0 Å². The zero-order valence-corrected chi connectivity index (χ0v) is 19.0. The molecule has 32 heavy (non-hydrogen) atoms. The van der Waals surface area contributed by atoms with Gasteiger partial charge in [0.15, 0.2) is 0 Å². The van der Waals surface area contributed by atoms with Crippen molar-refractivity contribution in [3.63, 3.8) is 0 Å². The quantitative estimate of drug-likeness (QED) is 0.577. The van der Waals surface area contributed by atoms with Gasteiger partial charge in [0.05, 0.1) is 23.6 Å². The van der Waals surface area contributed by atoms with Crippen LogP contribution in [0.4, 0.5) is 15.1 Å². The van der Waals surface area contributed by atoms with Crippen LogP contribution in [-0.4, -0.2) is 45.3 Å². The molecule has 0 spiro atoms. The molecule has 1 fully saturated rings. The molecule has 170 valence electrons. The fraction of sp³-hybridized carbons (Fsp3) is 0.440. The number of carbonyl (C=O) groups is 1. The van der Waals surface area contributed by atoms with Crippen LogP contribution in [-0.2, 0) is 11.3 Å². The first-order valence-electron chi connectivity index (χ1n) is 11.2. The Kier molecular flexibility index (Phi) is 6.35. The lowest BCUT2D eigenvalue weighted by Crippen LogP contribution is -2.49. The molecule has 0 radical (unpaired) electrons. The number of piperidine rings is 1. The summed E-state index contributed by atoms with van der Waals surface area (Å²) in [4.78, 5) is 19.3. The second kappa shape index (κ2) is 9.18. The van der Waals surface area contributed by atoms with Crippen molar-refractivity contribution in [2.75, 3.05) is 18.4 Å². The zero-order valence-electron chi connectivity index (χ0n) is 19.0. The number of carbonyl (C=O) groups excluding carboxylic acids is 1. The monoisotopic (exact) mass is 438 g/mol. The van der Waals surface area contributed by atoms with E-state index < -0.39 is 5.60 Å². The number of benzene rings is 2. The number of nitrogens with one attached hydrogen (secondary N) is 1. The molecule has 0 saturated carbocycles. The SMILES string of the molecule is CC(C)(C)OC(=O)N1CCCCC1CNc1nc2ccccc2n1Cc1cccc(F)c1. The molecule has 1 aromatic heterocycles. The number of imidazole rings is 1. The Morgan fingerprint density at radius 2 is 2.00 bits per heavy atom. The molecule has 1 unspecified atom stereocenters. The van der Waals surface area contributed by atoms with E-state index in [0.29, 0.717) is 25.6 Å². The van der Waals surface area contributed by atoms with Crippen LogP contribution in [0.3, 0.4) is 0 Å². The summed E-state index contributed by atoms with van der Waals surface area (Å²) in [5, 5.41) is 3.46. The van der Waals surface area contributed by atoms with Gasteiger partial charge in [-0.25, -0.2) is 14.2 Å². The molecule has 2 heterocycles. The van der Waals surface area contributed by atoms with E-state index in [1.807, 2.05) is 56.0 Å². The third kappa shape index (κ3) is 5.21. The lowest BCUT2D eigenvalue weighted by molar-refractivity contribution is 0.0114. The van der Waals surface area contributed by atoms with Crippen molar-refractivity contribution in [1.82, 2.24) is 14.5 Å². The Morgan fingerprint density at radius 3 is 2.78 bits per heavy atom. The summed E-state index contributed by atoms with van der Waals surface area (Å²) in [5.41, 5.74) is 2.20. The largest absolute Gasteiger partial charge is 0.444 e. The molecule has 1 aliphatic rings. The topological polar surface area (TPSA) is 59.4 Å². The summed E-state index contributed by atoms with van der Waals surface area (Å²) >= 11 is 0. The van der Waals surface area contributed by atoms with Gasteiger partial charge in [-0.15, -0.1) is 0 Å². The predicted molar refractivity (Wildman–Crippen MR) is 124 cm³/mol. The Balaban J connectivity index is 1.55. The van der Waals surface area contributed by atoms with Gasteiger partial charge in [-0.3, -0.25) is 0 Å². The molecule has 3 aromatic rings. The van der Waals surface area contributed by atoms with Gasteiger partial charge >= 0.3 is 6.09 Å². The number of para-hydroxylation sites is 2. The maximum atomic E-state index is 13.7. The molecule has 1 N–H and O–H groups in total. The summed E-state index contributed by atoms with van der Waals surface area (Å²) in [6.07, 6.45) is 2.70. The smallest absolute Gasteiger partial charge is 0.410 e. The number of ether oxygens (including phenoxy) is 1. The number of hydrogen-bond acceptors (Lipinski definition) is 4. The van der Waals surface area contributed by atoms with Gasteiger partial charge in [0.2, 0.25) is 5.95 Å². The van der Waals surface area contributed by atoms with Crippen LogP contribution in [0.5, 0.6) is 0 Å². The molecule has 4 rings (SSSR count).